The molecule has 0 spiro atoms. The molecule has 0 aromatic heterocycles. The summed E-state index contributed by atoms with van der Waals surface area (Å²) in [6.45, 7) is 10.7. The number of aliphatic hydroxyl groups is 1. The lowest BCUT2D eigenvalue weighted by molar-refractivity contribution is 0.0750. The van der Waals surface area contributed by atoms with Crippen LogP contribution in [0.2, 0.25) is 0 Å². The van der Waals surface area contributed by atoms with E-state index in [-0.39, 0.29) is 5.92 Å². The zero-order valence-corrected chi connectivity index (χ0v) is 6.09. The van der Waals surface area contributed by atoms with Crippen LogP contribution >= 0.6 is 0 Å². The van der Waals surface area contributed by atoms with E-state index in [1.54, 1.807) is 13.0 Å². The van der Waals surface area contributed by atoms with E-state index in [9.17, 15) is 5.11 Å². The van der Waals surface area contributed by atoms with Crippen molar-refractivity contribution in [2.24, 2.45) is 5.92 Å². The lowest BCUT2D eigenvalue weighted by Gasteiger charge is -2.23. The van der Waals surface area contributed by atoms with Crippen LogP contribution in [0.25, 0.3) is 0 Å². The van der Waals surface area contributed by atoms with E-state index in [0.717, 1.165) is 0 Å². The molecule has 0 saturated carbocycles. The topological polar surface area (TPSA) is 20.2 Å². The lowest BCUT2D eigenvalue weighted by atomic mass is 9.91. The molecule has 2 unspecified atom stereocenters. The molecule has 0 aromatic carbocycles. The maximum absolute atomic E-state index is 9.40. The molecule has 0 aromatic rings. The van der Waals surface area contributed by atoms with Gasteiger partial charge in [0.2, 0.25) is 0 Å². The number of hydrogen-bond donors (Lipinski definition) is 1. The van der Waals surface area contributed by atoms with Gasteiger partial charge in [-0.2, -0.15) is 0 Å². The van der Waals surface area contributed by atoms with Gasteiger partial charge in [-0.3, -0.25) is 0 Å². The first-order valence-electron chi connectivity index (χ1n) is 3.03. The Hall–Kier alpha value is -0.560. The molecular weight excluding hydrogens is 112 g/mol. The van der Waals surface area contributed by atoms with Gasteiger partial charge in [-0.1, -0.05) is 19.1 Å². The maximum atomic E-state index is 9.40. The quantitative estimate of drug-likeness (QED) is 0.571. The Morgan fingerprint density at radius 1 is 1.56 bits per heavy atom. The van der Waals surface area contributed by atoms with E-state index in [1.807, 2.05) is 6.92 Å². The summed E-state index contributed by atoms with van der Waals surface area (Å²) in [5.74, 6) is 0.0648. The standard InChI is InChI=1S/C8H14O/c1-5-7(3)8(4,9)6-2/h5-7,9H,1-2H2,3-4H3. The summed E-state index contributed by atoms with van der Waals surface area (Å²) in [5.41, 5.74) is -0.804. The van der Waals surface area contributed by atoms with Crippen LogP contribution in [0, 0.1) is 5.92 Å². The monoisotopic (exact) mass is 126 g/mol. The minimum Gasteiger partial charge on any atom is -0.385 e. The van der Waals surface area contributed by atoms with Crippen molar-refractivity contribution in [3.63, 3.8) is 0 Å². The summed E-state index contributed by atoms with van der Waals surface area (Å²) in [6, 6.07) is 0. The van der Waals surface area contributed by atoms with Gasteiger partial charge in [0.25, 0.3) is 0 Å². The van der Waals surface area contributed by atoms with Crippen LogP contribution in [0.3, 0.4) is 0 Å². The Morgan fingerprint density at radius 2 is 2.00 bits per heavy atom. The fraction of sp³-hybridized carbons (Fsp3) is 0.500. The molecule has 1 nitrogen and oxygen atoms in total. The predicted octanol–water partition coefficient (Wildman–Crippen LogP) is 1.75. The average molecular weight is 126 g/mol. The Kier molecular flexibility index (Phi) is 2.65. The summed E-state index contributed by atoms with van der Waals surface area (Å²) < 4.78 is 0. The highest BCUT2D eigenvalue weighted by Crippen LogP contribution is 2.17. The van der Waals surface area contributed by atoms with E-state index >= 15 is 0 Å². The Morgan fingerprint density at radius 3 is 2.11 bits per heavy atom. The van der Waals surface area contributed by atoms with Crippen LogP contribution < -0.4 is 0 Å². The van der Waals surface area contributed by atoms with Gasteiger partial charge in [0.05, 0.1) is 5.60 Å². The largest absolute Gasteiger partial charge is 0.385 e. The molecule has 52 valence electrons. The minimum absolute atomic E-state index is 0.0648. The molecule has 0 bridgehead atoms. The SMILES string of the molecule is C=CC(C)C(C)(O)C=C. The van der Waals surface area contributed by atoms with Crippen LogP contribution in [0.4, 0.5) is 0 Å². The molecule has 0 saturated heterocycles. The molecule has 1 N–H and O–H groups in total. The van der Waals surface area contributed by atoms with Gasteiger partial charge in [-0.05, 0) is 6.92 Å². The summed E-state index contributed by atoms with van der Waals surface area (Å²) in [5, 5.41) is 9.40. The highest BCUT2D eigenvalue weighted by molar-refractivity contribution is 5.01. The summed E-state index contributed by atoms with van der Waals surface area (Å²) in [6.07, 6.45) is 3.24. The Labute approximate surface area is 56.7 Å². The summed E-state index contributed by atoms with van der Waals surface area (Å²) >= 11 is 0. The summed E-state index contributed by atoms with van der Waals surface area (Å²) in [7, 11) is 0. The second-order valence-corrected chi connectivity index (χ2v) is 2.45. The van der Waals surface area contributed by atoms with Crippen LogP contribution in [-0.4, -0.2) is 10.7 Å². The van der Waals surface area contributed by atoms with Gasteiger partial charge in [0.15, 0.2) is 0 Å². The van der Waals surface area contributed by atoms with Gasteiger partial charge in [-0.15, -0.1) is 13.2 Å². The molecule has 0 radical (unpaired) electrons. The lowest BCUT2D eigenvalue weighted by Crippen LogP contribution is -2.28. The third-order valence-corrected chi connectivity index (χ3v) is 1.69. The van der Waals surface area contributed by atoms with E-state index in [0.29, 0.717) is 0 Å². The van der Waals surface area contributed by atoms with Crippen LogP contribution in [-0.2, 0) is 0 Å². The van der Waals surface area contributed by atoms with Gasteiger partial charge in [-0.25, -0.2) is 0 Å². The first-order chi connectivity index (χ1) is 4.04. The van der Waals surface area contributed by atoms with Crippen molar-refractivity contribution < 1.29 is 5.11 Å². The highest BCUT2D eigenvalue weighted by Gasteiger charge is 2.20. The van der Waals surface area contributed by atoms with E-state index in [2.05, 4.69) is 13.2 Å². The third kappa shape index (κ3) is 2.02. The number of hydrogen-bond acceptors (Lipinski definition) is 1. The van der Waals surface area contributed by atoms with Crippen molar-refractivity contribution in [2.45, 2.75) is 19.4 Å². The molecule has 0 aliphatic rings. The van der Waals surface area contributed by atoms with E-state index < -0.39 is 5.60 Å². The molecule has 0 aliphatic heterocycles. The fourth-order valence-electron chi connectivity index (χ4n) is 0.424. The van der Waals surface area contributed by atoms with Gasteiger partial charge >= 0.3 is 0 Å². The van der Waals surface area contributed by atoms with Crippen molar-refractivity contribution in [2.75, 3.05) is 0 Å². The third-order valence-electron chi connectivity index (χ3n) is 1.69. The van der Waals surface area contributed by atoms with Crippen LogP contribution in [0.1, 0.15) is 13.8 Å². The van der Waals surface area contributed by atoms with Gasteiger partial charge in [0, 0.05) is 5.92 Å². The van der Waals surface area contributed by atoms with Crippen LogP contribution in [0.5, 0.6) is 0 Å². The highest BCUT2D eigenvalue weighted by atomic mass is 16.3. The van der Waals surface area contributed by atoms with Crippen molar-refractivity contribution in [3.8, 4) is 0 Å². The second kappa shape index (κ2) is 2.83. The molecule has 1 heteroatoms. The zero-order valence-electron chi connectivity index (χ0n) is 6.09. The molecule has 0 aliphatic carbocycles. The van der Waals surface area contributed by atoms with Crippen LogP contribution in [0.15, 0.2) is 25.3 Å². The van der Waals surface area contributed by atoms with Crippen molar-refractivity contribution >= 4 is 0 Å². The normalized spacial score (nSPS) is 19.9. The second-order valence-electron chi connectivity index (χ2n) is 2.45. The van der Waals surface area contributed by atoms with Gasteiger partial charge < -0.3 is 5.11 Å². The van der Waals surface area contributed by atoms with E-state index in [1.165, 1.54) is 6.08 Å². The average Bonchev–Trinajstić information content (AvgIpc) is 1.86. The molecule has 0 amide bonds. The van der Waals surface area contributed by atoms with Gasteiger partial charge in [0.1, 0.15) is 0 Å². The summed E-state index contributed by atoms with van der Waals surface area (Å²) in [4.78, 5) is 0. The Balaban J connectivity index is 4.11. The zero-order chi connectivity index (χ0) is 7.49. The molecule has 9 heavy (non-hydrogen) atoms. The molecule has 0 heterocycles. The smallest absolute Gasteiger partial charge is 0.0856 e. The minimum atomic E-state index is -0.804. The van der Waals surface area contributed by atoms with Crippen molar-refractivity contribution in [3.05, 3.63) is 25.3 Å². The predicted molar refractivity (Wildman–Crippen MR) is 40.2 cm³/mol. The number of rotatable bonds is 3. The van der Waals surface area contributed by atoms with Crippen molar-refractivity contribution in [1.29, 1.82) is 0 Å². The Bertz CT molecular complexity index is 114. The van der Waals surface area contributed by atoms with E-state index in [4.69, 9.17) is 0 Å². The van der Waals surface area contributed by atoms with Crippen molar-refractivity contribution in [1.82, 2.24) is 0 Å². The molecule has 0 rings (SSSR count). The molecule has 0 fully saturated rings. The first-order valence-corrected chi connectivity index (χ1v) is 3.03. The molecular formula is C8H14O. The molecule has 2 atom stereocenters. The maximum Gasteiger partial charge on any atom is 0.0856 e. The fourth-order valence-corrected chi connectivity index (χ4v) is 0.424. The first kappa shape index (κ1) is 8.44.